The summed E-state index contributed by atoms with van der Waals surface area (Å²) in [6.07, 6.45) is 4.48. The Balaban J connectivity index is 1.40. The van der Waals surface area contributed by atoms with Crippen molar-refractivity contribution in [3.05, 3.63) is 60.0 Å². The number of rotatable bonds is 7. The quantitative estimate of drug-likeness (QED) is 0.272. The molecule has 2 amide bonds. The molecule has 2 N–H and O–H groups in total. The van der Waals surface area contributed by atoms with Crippen LogP contribution in [-0.4, -0.2) is 94.8 Å². The smallest absolute Gasteiger partial charge is 0.295 e. The summed E-state index contributed by atoms with van der Waals surface area (Å²) in [5, 5.41) is 3.32. The first kappa shape index (κ1) is 25.6. The summed E-state index contributed by atoms with van der Waals surface area (Å²) in [6, 6.07) is 8.98. The third kappa shape index (κ3) is 4.72. The average molecular weight is 530 g/mol. The topological polar surface area (TPSA) is 143 Å². The maximum atomic E-state index is 13.4. The third-order valence-corrected chi connectivity index (χ3v) is 6.62. The molecular weight excluding hydrogens is 502 g/mol. The van der Waals surface area contributed by atoms with Crippen LogP contribution in [0.1, 0.15) is 20.7 Å². The van der Waals surface area contributed by atoms with E-state index in [0.29, 0.717) is 52.5 Å². The Morgan fingerprint density at radius 3 is 2.33 bits per heavy atom. The molecule has 5 rings (SSSR count). The molecule has 4 aromatic rings. The van der Waals surface area contributed by atoms with Gasteiger partial charge in [-0.2, -0.15) is 0 Å². The van der Waals surface area contributed by atoms with Gasteiger partial charge in [-0.3, -0.25) is 14.4 Å². The Kier molecular flexibility index (Phi) is 7.08. The first-order valence-corrected chi connectivity index (χ1v) is 12.3. The molecule has 3 aromatic heterocycles. The number of hydrogen-bond acceptors (Lipinski definition) is 9. The number of methoxy groups -OCH3 is 2. The molecule has 0 saturated carbocycles. The molecule has 39 heavy (non-hydrogen) atoms. The van der Waals surface area contributed by atoms with Gasteiger partial charge in [0.05, 0.1) is 43.1 Å². The van der Waals surface area contributed by atoms with Crippen molar-refractivity contribution >= 4 is 34.3 Å². The molecule has 12 nitrogen and oxygen atoms in total. The van der Waals surface area contributed by atoms with E-state index in [1.807, 2.05) is 18.2 Å². The highest BCUT2D eigenvalue weighted by Gasteiger charge is 2.31. The van der Waals surface area contributed by atoms with E-state index in [4.69, 9.17) is 9.47 Å². The number of carbonyl (C=O) groups excluding carboxylic acids is 3. The predicted molar refractivity (Wildman–Crippen MR) is 143 cm³/mol. The first-order valence-electron chi connectivity index (χ1n) is 12.3. The van der Waals surface area contributed by atoms with Crippen molar-refractivity contribution < 1.29 is 23.9 Å². The lowest BCUT2D eigenvalue weighted by Gasteiger charge is -2.34. The number of hydrogen-bond donors (Lipinski definition) is 2. The number of pyridine rings is 1. The van der Waals surface area contributed by atoms with Crippen LogP contribution in [0.4, 0.5) is 5.82 Å². The van der Waals surface area contributed by atoms with E-state index in [1.165, 1.54) is 37.7 Å². The van der Waals surface area contributed by atoms with Crippen molar-refractivity contribution in [2.75, 3.05) is 52.8 Å². The number of H-pyrrole nitrogens is 1. The molecule has 200 valence electrons. The largest absolute Gasteiger partial charge is 0.494 e. The highest BCUT2D eigenvalue weighted by molar-refractivity contribution is 6.45. The number of benzene rings is 1. The van der Waals surface area contributed by atoms with Gasteiger partial charge >= 0.3 is 0 Å². The van der Waals surface area contributed by atoms with Gasteiger partial charge in [0.2, 0.25) is 0 Å². The molecule has 0 radical (unpaired) electrons. The molecule has 0 unspecified atom stereocenters. The number of aromatic nitrogens is 4. The van der Waals surface area contributed by atoms with Crippen molar-refractivity contribution in [2.45, 2.75) is 0 Å². The highest BCUT2D eigenvalue weighted by Crippen LogP contribution is 2.35. The van der Waals surface area contributed by atoms with Crippen LogP contribution < -0.4 is 14.8 Å². The molecule has 1 aliphatic rings. The van der Waals surface area contributed by atoms with Crippen LogP contribution >= 0.6 is 0 Å². The zero-order valence-corrected chi connectivity index (χ0v) is 21.7. The van der Waals surface area contributed by atoms with Crippen molar-refractivity contribution in [1.82, 2.24) is 29.7 Å². The molecule has 1 fully saturated rings. The number of fused-ring (bicyclic) bond motifs is 1. The molecule has 0 bridgehead atoms. The van der Waals surface area contributed by atoms with E-state index in [-0.39, 0.29) is 30.4 Å². The second-order valence-electron chi connectivity index (χ2n) is 8.77. The summed E-state index contributed by atoms with van der Waals surface area (Å²) >= 11 is 0. The molecule has 4 heterocycles. The van der Waals surface area contributed by atoms with Crippen LogP contribution in [0.2, 0.25) is 0 Å². The van der Waals surface area contributed by atoms with Gasteiger partial charge in [0.15, 0.2) is 5.82 Å². The van der Waals surface area contributed by atoms with E-state index in [0.717, 1.165) is 0 Å². The summed E-state index contributed by atoms with van der Waals surface area (Å²) in [4.78, 5) is 58.9. The molecular formula is C27H27N7O5. The van der Waals surface area contributed by atoms with Gasteiger partial charge in [0, 0.05) is 45.0 Å². The zero-order chi connectivity index (χ0) is 27.5. The molecule has 1 aromatic carbocycles. The number of aromatic amines is 1. The van der Waals surface area contributed by atoms with E-state index in [1.54, 1.807) is 24.1 Å². The lowest BCUT2D eigenvalue weighted by Crippen LogP contribution is -2.52. The first-order chi connectivity index (χ1) is 19.0. The Morgan fingerprint density at radius 2 is 1.67 bits per heavy atom. The number of nitrogens with zero attached hydrogens (tertiary/aromatic N) is 5. The van der Waals surface area contributed by atoms with Crippen molar-refractivity contribution in [3.63, 3.8) is 0 Å². The zero-order valence-electron chi connectivity index (χ0n) is 21.7. The second kappa shape index (κ2) is 10.8. The van der Waals surface area contributed by atoms with Crippen LogP contribution in [0.3, 0.4) is 0 Å². The number of anilines is 1. The summed E-state index contributed by atoms with van der Waals surface area (Å²) in [5.74, 6) is -0.362. The van der Waals surface area contributed by atoms with E-state index >= 15 is 0 Å². The Bertz CT molecular complexity index is 1550. The molecule has 0 aliphatic carbocycles. The molecule has 12 heteroatoms. The molecule has 0 spiro atoms. The minimum absolute atomic E-state index is 0.0992. The molecule has 1 aliphatic heterocycles. The van der Waals surface area contributed by atoms with E-state index in [9.17, 15) is 14.4 Å². The van der Waals surface area contributed by atoms with E-state index in [2.05, 4.69) is 25.3 Å². The number of Topliss-reactive ketones (excluding diaryl/α,β-unsaturated/α-hetero) is 1. The minimum atomic E-state index is -0.686. The summed E-state index contributed by atoms with van der Waals surface area (Å²) < 4.78 is 10.8. The van der Waals surface area contributed by atoms with Crippen LogP contribution in [0.25, 0.3) is 22.3 Å². The maximum absolute atomic E-state index is 13.4. The number of ketones is 1. The fourth-order valence-corrected chi connectivity index (χ4v) is 4.58. The maximum Gasteiger partial charge on any atom is 0.295 e. The van der Waals surface area contributed by atoms with Gasteiger partial charge < -0.3 is 29.6 Å². The van der Waals surface area contributed by atoms with Crippen LogP contribution in [-0.2, 0) is 4.79 Å². The van der Waals surface area contributed by atoms with Gasteiger partial charge in [-0.15, -0.1) is 0 Å². The standard InChI is InChI=1S/C27H27N7O5/c1-28-24-25(39-3)32-18(14-31-24)21-22-20(19(38-2)15-30-21)17(13-29-22)23(35)27(37)34-11-9-33(10-12-34)26(36)16-7-5-4-6-8-16/h4-8,13-15,29H,9-12H2,1-3H3,(H,28,31). The van der Waals surface area contributed by atoms with Crippen LogP contribution in [0.5, 0.6) is 11.6 Å². The Morgan fingerprint density at radius 1 is 0.949 bits per heavy atom. The number of ether oxygens (including phenoxy) is 2. The number of piperazine rings is 1. The number of carbonyl (C=O) groups is 3. The van der Waals surface area contributed by atoms with Gasteiger partial charge in [0.1, 0.15) is 17.1 Å². The summed E-state index contributed by atoms with van der Waals surface area (Å²) in [7, 11) is 4.66. The van der Waals surface area contributed by atoms with Crippen LogP contribution in [0, 0.1) is 0 Å². The summed E-state index contributed by atoms with van der Waals surface area (Å²) in [6.45, 7) is 1.17. The van der Waals surface area contributed by atoms with Crippen molar-refractivity contribution in [2.24, 2.45) is 0 Å². The monoisotopic (exact) mass is 529 g/mol. The lowest BCUT2D eigenvalue weighted by molar-refractivity contribution is -0.127. The Hall–Kier alpha value is -5.00. The van der Waals surface area contributed by atoms with Gasteiger partial charge in [-0.25, -0.2) is 15.0 Å². The molecule has 1 saturated heterocycles. The fraction of sp³-hybridized carbons (Fsp3) is 0.259. The molecule has 0 atom stereocenters. The van der Waals surface area contributed by atoms with Gasteiger partial charge in [0.25, 0.3) is 23.5 Å². The fourth-order valence-electron chi connectivity index (χ4n) is 4.58. The highest BCUT2D eigenvalue weighted by atomic mass is 16.5. The predicted octanol–water partition coefficient (Wildman–Crippen LogP) is 2.25. The van der Waals surface area contributed by atoms with E-state index < -0.39 is 11.7 Å². The SMILES string of the molecule is CNc1ncc(-c2ncc(OC)c3c(C(=O)C(=O)N4CCN(C(=O)c5ccccc5)CC4)c[nH]c23)nc1OC. The lowest BCUT2D eigenvalue weighted by atomic mass is 10.1. The summed E-state index contributed by atoms with van der Waals surface area (Å²) in [5.41, 5.74) is 2.04. The third-order valence-electron chi connectivity index (χ3n) is 6.62. The number of nitrogens with one attached hydrogen (secondary N) is 2. The second-order valence-corrected chi connectivity index (χ2v) is 8.77. The van der Waals surface area contributed by atoms with Crippen molar-refractivity contribution in [1.29, 1.82) is 0 Å². The van der Waals surface area contributed by atoms with Crippen LogP contribution in [0.15, 0.2) is 48.9 Å². The van der Waals surface area contributed by atoms with Gasteiger partial charge in [-0.05, 0) is 12.1 Å². The minimum Gasteiger partial charge on any atom is -0.494 e. The average Bonchev–Trinajstić information content (AvgIpc) is 3.45. The van der Waals surface area contributed by atoms with Crippen molar-refractivity contribution in [3.8, 4) is 23.0 Å². The number of amides is 2. The Labute approximate surface area is 224 Å². The normalized spacial score (nSPS) is 13.3. The van der Waals surface area contributed by atoms with Gasteiger partial charge in [-0.1, -0.05) is 18.2 Å².